The highest BCUT2D eigenvalue weighted by atomic mass is 35.5. The van der Waals surface area contributed by atoms with Crippen molar-refractivity contribution in [3.8, 4) is 0 Å². The number of nitrogens with zero attached hydrogens (tertiary/aromatic N) is 4. The van der Waals surface area contributed by atoms with Crippen molar-refractivity contribution < 1.29 is 23.9 Å². The first-order valence-electron chi connectivity index (χ1n) is 14.3. The number of ether oxygens (including phenoxy) is 2. The summed E-state index contributed by atoms with van der Waals surface area (Å²) in [5.74, 6) is 0.325. The number of carbonyl (C=O) groups excluding carboxylic acids is 3. The highest BCUT2D eigenvalue weighted by Gasteiger charge is 2.26. The summed E-state index contributed by atoms with van der Waals surface area (Å²) < 4.78 is 10.7. The maximum Gasteiger partial charge on any atom is 0.412 e. The van der Waals surface area contributed by atoms with Crippen LogP contribution in [-0.4, -0.2) is 96.8 Å². The zero-order valence-electron chi connectivity index (χ0n) is 24.1. The molecule has 0 spiro atoms. The Hall–Kier alpha value is -3.89. The standard InChI is InChI=1S/C31H38ClN5O5/c1-3-41-31(40)37-18-16-36(17-19-37)15-14-26(35(2)29(38)13-12-23-8-6-7-11-27(23)32)22-42-30(39)34-28-20-24-9-4-5-10-25(24)21-33-28/h4-11,20-21,26H,3,12-19,22H2,1-2H3,(H,33,34,39)/t26-/m0/s1. The van der Waals surface area contributed by atoms with Gasteiger partial charge in [-0.05, 0) is 42.8 Å². The second-order valence-corrected chi connectivity index (χ2v) is 10.6. The van der Waals surface area contributed by atoms with Crippen molar-refractivity contribution in [2.24, 2.45) is 0 Å². The van der Waals surface area contributed by atoms with Gasteiger partial charge in [-0.2, -0.15) is 0 Å². The predicted molar refractivity (Wildman–Crippen MR) is 163 cm³/mol. The first-order chi connectivity index (χ1) is 20.3. The van der Waals surface area contributed by atoms with E-state index in [0.29, 0.717) is 63.0 Å². The molecule has 1 N–H and O–H groups in total. The molecule has 0 bridgehead atoms. The quantitative estimate of drug-likeness (QED) is 0.330. The molecule has 0 aliphatic carbocycles. The SMILES string of the molecule is CCOC(=O)N1CCN(CC[C@@H](COC(=O)Nc2cc3ccccc3cn2)N(C)C(=O)CCc2ccccc2Cl)CC1. The van der Waals surface area contributed by atoms with Gasteiger partial charge in [0.1, 0.15) is 12.4 Å². The number of anilines is 1. The second kappa shape index (κ2) is 15.4. The molecule has 11 heteroatoms. The molecule has 0 unspecified atom stereocenters. The third-order valence-corrected chi connectivity index (χ3v) is 7.82. The Morgan fingerprint density at radius 3 is 2.48 bits per heavy atom. The maximum absolute atomic E-state index is 13.2. The average Bonchev–Trinajstić information content (AvgIpc) is 3.00. The Kier molecular flexibility index (Phi) is 11.4. The summed E-state index contributed by atoms with van der Waals surface area (Å²) >= 11 is 6.28. The molecule has 2 heterocycles. The van der Waals surface area contributed by atoms with Crippen LogP contribution in [0.1, 0.15) is 25.3 Å². The van der Waals surface area contributed by atoms with Gasteiger partial charge in [-0.25, -0.2) is 14.6 Å². The lowest BCUT2D eigenvalue weighted by Gasteiger charge is -2.35. The van der Waals surface area contributed by atoms with E-state index >= 15 is 0 Å². The van der Waals surface area contributed by atoms with Gasteiger partial charge in [0, 0.05) is 62.8 Å². The molecular weight excluding hydrogens is 558 g/mol. The topological polar surface area (TPSA) is 104 Å². The van der Waals surface area contributed by atoms with Crippen molar-refractivity contribution in [1.82, 2.24) is 19.7 Å². The molecule has 42 heavy (non-hydrogen) atoms. The third-order valence-electron chi connectivity index (χ3n) is 7.45. The van der Waals surface area contributed by atoms with E-state index in [9.17, 15) is 14.4 Å². The van der Waals surface area contributed by atoms with Crippen LogP contribution in [0.15, 0.2) is 60.8 Å². The Labute approximate surface area is 251 Å². The van der Waals surface area contributed by atoms with Gasteiger partial charge in [0.2, 0.25) is 5.91 Å². The Bertz CT molecular complexity index is 1360. The highest BCUT2D eigenvalue weighted by Crippen LogP contribution is 2.19. The number of piperazine rings is 1. The lowest BCUT2D eigenvalue weighted by Crippen LogP contribution is -2.50. The molecule has 0 saturated carbocycles. The number of carbonyl (C=O) groups is 3. The van der Waals surface area contributed by atoms with Crippen LogP contribution in [0.4, 0.5) is 15.4 Å². The van der Waals surface area contributed by atoms with Crippen LogP contribution in [0.25, 0.3) is 10.8 Å². The number of aryl methyl sites for hydroxylation is 1. The number of halogens is 1. The Morgan fingerprint density at radius 2 is 1.74 bits per heavy atom. The van der Waals surface area contributed by atoms with Crippen LogP contribution in [0.3, 0.4) is 0 Å². The van der Waals surface area contributed by atoms with Crippen molar-refractivity contribution in [1.29, 1.82) is 0 Å². The fourth-order valence-electron chi connectivity index (χ4n) is 4.88. The lowest BCUT2D eigenvalue weighted by molar-refractivity contribution is -0.133. The first kappa shape index (κ1) is 31.1. The number of benzene rings is 2. The molecule has 1 fully saturated rings. The van der Waals surface area contributed by atoms with Gasteiger partial charge in [0.15, 0.2) is 0 Å². The first-order valence-corrected chi connectivity index (χ1v) is 14.6. The molecule has 3 amide bonds. The van der Waals surface area contributed by atoms with E-state index in [1.807, 2.05) is 48.5 Å². The smallest absolute Gasteiger partial charge is 0.412 e. The summed E-state index contributed by atoms with van der Waals surface area (Å²) in [6.07, 6.45) is 2.15. The minimum atomic E-state index is -0.636. The molecule has 10 nitrogen and oxygen atoms in total. The number of aromatic nitrogens is 1. The molecule has 1 aliphatic heterocycles. The van der Waals surface area contributed by atoms with E-state index in [2.05, 4.69) is 15.2 Å². The van der Waals surface area contributed by atoms with E-state index in [4.69, 9.17) is 21.1 Å². The number of likely N-dealkylation sites (N-methyl/N-ethyl adjacent to an activating group) is 1. The molecule has 1 saturated heterocycles. The van der Waals surface area contributed by atoms with Gasteiger partial charge >= 0.3 is 12.2 Å². The lowest BCUT2D eigenvalue weighted by atomic mass is 10.1. The van der Waals surface area contributed by atoms with Crippen molar-refractivity contribution >= 4 is 46.3 Å². The summed E-state index contributed by atoms with van der Waals surface area (Å²) in [6.45, 7) is 5.40. The van der Waals surface area contributed by atoms with Crippen LogP contribution < -0.4 is 5.32 Å². The molecule has 3 aromatic rings. The average molecular weight is 596 g/mol. The van der Waals surface area contributed by atoms with Crippen molar-refractivity contribution in [3.63, 3.8) is 0 Å². The van der Waals surface area contributed by atoms with E-state index < -0.39 is 6.09 Å². The van der Waals surface area contributed by atoms with Crippen LogP contribution in [0.2, 0.25) is 5.02 Å². The van der Waals surface area contributed by atoms with Crippen LogP contribution in [0, 0.1) is 0 Å². The maximum atomic E-state index is 13.2. The zero-order chi connectivity index (χ0) is 29.9. The minimum Gasteiger partial charge on any atom is -0.450 e. The zero-order valence-corrected chi connectivity index (χ0v) is 24.9. The minimum absolute atomic E-state index is 0.0243. The molecule has 4 rings (SSSR count). The number of nitrogens with one attached hydrogen (secondary N) is 1. The van der Waals surface area contributed by atoms with Gasteiger partial charge in [-0.1, -0.05) is 54.1 Å². The normalized spacial score (nSPS) is 14.3. The van der Waals surface area contributed by atoms with Crippen molar-refractivity contribution in [3.05, 3.63) is 71.4 Å². The van der Waals surface area contributed by atoms with E-state index in [-0.39, 0.29) is 31.1 Å². The Morgan fingerprint density at radius 1 is 1.02 bits per heavy atom. The van der Waals surface area contributed by atoms with E-state index in [1.54, 1.807) is 36.0 Å². The summed E-state index contributed by atoms with van der Waals surface area (Å²) in [4.78, 5) is 47.8. The molecule has 224 valence electrons. The monoisotopic (exact) mass is 595 g/mol. The molecule has 2 aromatic carbocycles. The van der Waals surface area contributed by atoms with Crippen LogP contribution in [-0.2, 0) is 20.7 Å². The summed E-state index contributed by atoms with van der Waals surface area (Å²) in [7, 11) is 1.74. The summed E-state index contributed by atoms with van der Waals surface area (Å²) in [6, 6.07) is 16.7. The largest absolute Gasteiger partial charge is 0.450 e. The van der Waals surface area contributed by atoms with Gasteiger partial charge in [0.25, 0.3) is 0 Å². The Balaban J connectivity index is 1.34. The van der Waals surface area contributed by atoms with Crippen LogP contribution in [0.5, 0.6) is 0 Å². The van der Waals surface area contributed by atoms with Crippen molar-refractivity contribution in [2.75, 3.05) is 58.3 Å². The third kappa shape index (κ3) is 8.80. The highest BCUT2D eigenvalue weighted by molar-refractivity contribution is 6.31. The fourth-order valence-corrected chi connectivity index (χ4v) is 5.11. The van der Waals surface area contributed by atoms with Crippen LogP contribution >= 0.6 is 11.6 Å². The van der Waals surface area contributed by atoms with Gasteiger partial charge < -0.3 is 19.3 Å². The molecule has 1 atom stereocenters. The summed E-state index contributed by atoms with van der Waals surface area (Å²) in [5.41, 5.74) is 0.912. The second-order valence-electron chi connectivity index (χ2n) is 10.2. The van der Waals surface area contributed by atoms with Gasteiger partial charge in [-0.3, -0.25) is 15.0 Å². The molecule has 0 radical (unpaired) electrons. The number of fused-ring (bicyclic) bond motifs is 1. The number of rotatable bonds is 11. The molecule has 1 aromatic heterocycles. The fraction of sp³-hybridized carbons (Fsp3) is 0.419. The van der Waals surface area contributed by atoms with E-state index in [1.165, 1.54) is 0 Å². The molecular formula is C31H38ClN5O5. The number of pyridine rings is 1. The predicted octanol–water partition coefficient (Wildman–Crippen LogP) is 5.06. The van der Waals surface area contributed by atoms with Gasteiger partial charge in [0.05, 0.1) is 12.6 Å². The molecule has 1 aliphatic rings. The number of hydrogen-bond donors (Lipinski definition) is 1. The van der Waals surface area contributed by atoms with Crippen molar-refractivity contribution in [2.45, 2.75) is 32.2 Å². The summed E-state index contributed by atoms with van der Waals surface area (Å²) in [5, 5.41) is 5.25. The van der Waals surface area contributed by atoms with Gasteiger partial charge in [-0.15, -0.1) is 0 Å². The van der Waals surface area contributed by atoms with E-state index in [0.717, 1.165) is 16.3 Å². The number of hydrogen-bond acceptors (Lipinski definition) is 7. The number of amides is 3.